The molecule has 0 saturated carbocycles. The van der Waals surface area contributed by atoms with E-state index in [9.17, 15) is 23.1 Å². The Morgan fingerprint density at radius 3 is 2.21 bits per heavy atom. The molecule has 3 rings (SSSR count). The van der Waals surface area contributed by atoms with E-state index in [1.54, 1.807) is 12.1 Å². The summed E-state index contributed by atoms with van der Waals surface area (Å²) in [5.74, 6) is -3.74. The van der Waals surface area contributed by atoms with Gasteiger partial charge >= 0.3 is 6.18 Å². The van der Waals surface area contributed by atoms with Crippen LogP contribution in [0.4, 0.5) is 17.6 Å². The number of alkyl halides is 3. The number of carbonyl (C=O) groups is 2. The molecular formula is C28H33F4N3O7-2. The van der Waals surface area contributed by atoms with Gasteiger partial charge in [0.2, 0.25) is 0 Å². The first-order chi connectivity index (χ1) is 19.5. The number of nitrogens with zero attached hydrogens (tertiary/aromatic N) is 1. The zero-order chi connectivity index (χ0) is 32.0. The number of benzene rings is 2. The van der Waals surface area contributed by atoms with Crippen LogP contribution in [-0.2, 0) is 16.8 Å². The predicted molar refractivity (Wildman–Crippen MR) is 143 cm³/mol. The normalized spacial score (nSPS) is 12.8. The van der Waals surface area contributed by atoms with Crippen molar-refractivity contribution in [2.24, 2.45) is 0 Å². The van der Waals surface area contributed by atoms with Gasteiger partial charge in [-0.3, -0.25) is 10.2 Å². The minimum atomic E-state index is -5.19. The van der Waals surface area contributed by atoms with Crippen molar-refractivity contribution in [2.75, 3.05) is 33.9 Å². The zero-order valence-electron chi connectivity index (χ0n) is 23.8. The highest BCUT2D eigenvalue weighted by molar-refractivity contribution is 6.06. The van der Waals surface area contributed by atoms with Gasteiger partial charge in [-0.25, -0.2) is 4.39 Å². The first-order valence-electron chi connectivity index (χ1n) is 12.7. The summed E-state index contributed by atoms with van der Waals surface area (Å²) in [4.78, 5) is 23.6. The van der Waals surface area contributed by atoms with E-state index in [2.05, 4.69) is 0 Å². The number of methoxy groups -OCH3 is 2. The summed E-state index contributed by atoms with van der Waals surface area (Å²) in [6, 6.07) is 4.78. The molecule has 0 unspecified atom stereocenters. The average molecular weight is 600 g/mol. The van der Waals surface area contributed by atoms with Gasteiger partial charge in [0.05, 0.1) is 32.9 Å². The fourth-order valence-corrected chi connectivity index (χ4v) is 4.08. The van der Waals surface area contributed by atoms with Crippen LogP contribution in [0.1, 0.15) is 60.7 Å². The van der Waals surface area contributed by atoms with Crippen LogP contribution in [0.2, 0.25) is 0 Å². The van der Waals surface area contributed by atoms with Gasteiger partial charge in [-0.2, -0.15) is 19.7 Å². The van der Waals surface area contributed by atoms with Crippen molar-refractivity contribution in [3.05, 3.63) is 52.0 Å². The number of aromatic hydroxyl groups is 1. The number of aliphatic carboxylic acids is 1. The number of ketones is 1. The summed E-state index contributed by atoms with van der Waals surface area (Å²) in [7, 11) is 2.74. The van der Waals surface area contributed by atoms with Gasteiger partial charge in [0.15, 0.2) is 34.6 Å². The predicted octanol–water partition coefficient (Wildman–Crippen LogP) is 4.38. The molecule has 1 aliphatic rings. The highest BCUT2D eigenvalue weighted by Crippen LogP contribution is 2.40. The molecule has 0 saturated heterocycles. The number of carboxylic acid groups (broad SMARTS) is 1. The highest BCUT2D eigenvalue weighted by atomic mass is 19.4. The molecule has 232 valence electrons. The Balaban J connectivity index is 0.000000782. The number of Topliss-reactive ketones (excluding diaryl/α,β-unsaturated/α-hetero) is 1. The minimum Gasteiger partial charge on any atom is -0.677 e. The van der Waals surface area contributed by atoms with Crippen LogP contribution in [0.5, 0.6) is 23.0 Å². The molecule has 0 fully saturated rings. The lowest BCUT2D eigenvalue weighted by Gasteiger charge is -2.24. The lowest BCUT2D eigenvalue weighted by Crippen LogP contribution is -2.37. The van der Waals surface area contributed by atoms with Crippen molar-refractivity contribution in [3.8, 4) is 23.0 Å². The monoisotopic (exact) mass is 599 g/mol. The maximum Gasteiger partial charge on any atom is 0.430 e. The maximum absolute atomic E-state index is 15.0. The van der Waals surface area contributed by atoms with Crippen LogP contribution in [0.25, 0.3) is 5.73 Å². The van der Waals surface area contributed by atoms with Crippen molar-refractivity contribution in [2.45, 2.75) is 51.7 Å². The summed E-state index contributed by atoms with van der Waals surface area (Å²) in [5.41, 5.74) is 8.34. The molecule has 10 nitrogen and oxygen atoms in total. The van der Waals surface area contributed by atoms with Gasteiger partial charge in [-0.05, 0) is 35.6 Å². The van der Waals surface area contributed by atoms with E-state index in [0.717, 1.165) is 0 Å². The van der Waals surface area contributed by atoms with E-state index in [1.165, 1.54) is 25.2 Å². The second kappa shape index (κ2) is 13.7. The number of carbonyl (C=O) groups excluding carboxylic acids is 2. The average Bonchev–Trinajstić information content (AvgIpc) is 3.21. The van der Waals surface area contributed by atoms with Crippen molar-refractivity contribution in [1.82, 2.24) is 4.90 Å². The van der Waals surface area contributed by atoms with E-state index in [1.807, 2.05) is 20.8 Å². The summed E-state index contributed by atoms with van der Waals surface area (Å²) < 4.78 is 62.7. The third kappa shape index (κ3) is 8.02. The number of halogens is 4. The third-order valence-corrected chi connectivity index (χ3v) is 6.21. The third-order valence-electron chi connectivity index (χ3n) is 6.21. The Kier molecular flexibility index (Phi) is 11.2. The lowest BCUT2D eigenvalue weighted by molar-refractivity contribution is -0.344. The van der Waals surface area contributed by atoms with E-state index >= 15 is 4.39 Å². The molecule has 2 aromatic rings. The minimum absolute atomic E-state index is 0.0116. The quantitative estimate of drug-likeness (QED) is 0.232. The Morgan fingerprint density at radius 2 is 1.71 bits per heavy atom. The van der Waals surface area contributed by atoms with Crippen molar-refractivity contribution in [3.63, 3.8) is 0 Å². The van der Waals surface area contributed by atoms with E-state index in [0.29, 0.717) is 42.7 Å². The lowest BCUT2D eigenvalue weighted by atomic mass is 9.84. The SMILES string of the molecule is COc1cc2c(c(F)c1OC)C(=N)N(CC(=O)c1cc(OCCCC[NH-])c(O)c(C(C)(C)C)c1)C2.O=C([O-])C(F)(F)F. The van der Waals surface area contributed by atoms with E-state index < -0.39 is 23.4 Å². The topological polar surface area (TPSA) is 156 Å². The van der Waals surface area contributed by atoms with Gasteiger partial charge < -0.3 is 39.9 Å². The molecule has 3 N–H and O–H groups in total. The van der Waals surface area contributed by atoms with Gasteiger partial charge in [-0.15, -0.1) is 0 Å². The number of hydrogen-bond acceptors (Lipinski definition) is 8. The molecule has 0 radical (unpaired) electrons. The fourth-order valence-electron chi connectivity index (χ4n) is 4.08. The van der Waals surface area contributed by atoms with Crippen molar-refractivity contribution >= 4 is 17.6 Å². The number of phenolic OH excluding ortho intramolecular Hbond substituents is 1. The van der Waals surface area contributed by atoms with Crippen LogP contribution in [-0.4, -0.2) is 67.7 Å². The maximum atomic E-state index is 15.0. The number of unbranched alkanes of at least 4 members (excludes halogenated alkanes) is 1. The van der Waals surface area contributed by atoms with Crippen LogP contribution in [0.3, 0.4) is 0 Å². The molecule has 0 amide bonds. The molecule has 1 aliphatic heterocycles. The van der Waals surface area contributed by atoms with Crippen LogP contribution in [0.15, 0.2) is 18.2 Å². The molecule has 14 heteroatoms. The standard InChI is InChI=1S/C26H33FN3O5.C2HF3O2/c1-26(2,3)17-10-15(11-19(23(17)32)35-9-7-6-8-28)18(31)14-30-13-16-12-20(33-4)24(34-5)22(27)21(16)25(30)29;3-2(4,5)1(6)7/h10-12,28-29,32H,6-9,13-14H2,1-5H3;(H,6,7)/q-1;/p-1. The number of rotatable bonds is 10. The smallest absolute Gasteiger partial charge is 0.430 e. The zero-order valence-corrected chi connectivity index (χ0v) is 23.8. The van der Waals surface area contributed by atoms with Gasteiger partial charge in [-0.1, -0.05) is 27.2 Å². The Hall–Kier alpha value is -4.07. The van der Waals surface area contributed by atoms with E-state index in [4.69, 9.17) is 35.3 Å². The highest BCUT2D eigenvalue weighted by Gasteiger charge is 2.33. The molecule has 0 aromatic heterocycles. The summed E-state index contributed by atoms with van der Waals surface area (Å²) in [5, 5.41) is 28.1. The first kappa shape index (κ1) is 34.1. The van der Waals surface area contributed by atoms with Gasteiger partial charge in [0, 0.05) is 17.7 Å². The Labute approximate surface area is 240 Å². The van der Waals surface area contributed by atoms with Crippen molar-refractivity contribution in [1.29, 1.82) is 5.41 Å². The Bertz CT molecular complexity index is 1320. The van der Waals surface area contributed by atoms with Crippen LogP contribution >= 0.6 is 0 Å². The first-order valence-corrected chi connectivity index (χ1v) is 12.7. The molecule has 0 atom stereocenters. The fraction of sp³-hybridized carbons (Fsp3) is 0.464. The second-order valence-corrected chi connectivity index (χ2v) is 10.3. The van der Waals surface area contributed by atoms with Crippen LogP contribution < -0.4 is 19.3 Å². The molecule has 0 spiro atoms. The van der Waals surface area contributed by atoms with Crippen LogP contribution in [0, 0.1) is 11.2 Å². The number of carboxylic acids is 1. The molecule has 0 aliphatic carbocycles. The number of nitrogens with one attached hydrogen (secondary N) is 2. The van der Waals surface area contributed by atoms with Crippen molar-refractivity contribution < 1.29 is 51.6 Å². The molecular weight excluding hydrogens is 566 g/mol. The number of ether oxygens (including phenoxy) is 3. The summed E-state index contributed by atoms with van der Waals surface area (Å²) >= 11 is 0. The second-order valence-electron chi connectivity index (χ2n) is 10.3. The van der Waals surface area contributed by atoms with Gasteiger partial charge in [0.25, 0.3) is 0 Å². The molecule has 0 bridgehead atoms. The molecule has 2 aromatic carbocycles. The van der Waals surface area contributed by atoms with Gasteiger partial charge in [0.1, 0.15) is 11.8 Å². The largest absolute Gasteiger partial charge is 0.677 e. The molecule has 42 heavy (non-hydrogen) atoms. The number of phenols is 1. The Morgan fingerprint density at radius 1 is 1.10 bits per heavy atom. The summed E-state index contributed by atoms with van der Waals surface area (Å²) in [6.07, 6.45) is -3.86. The number of fused-ring (bicyclic) bond motifs is 1. The number of amidine groups is 1. The summed E-state index contributed by atoms with van der Waals surface area (Å²) in [6.45, 7) is 6.43. The van der Waals surface area contributed by atoms with E-state index in [-0.39, 0.29) is 53.3 Å². The molecule has 1 heterocycles. The number of hydrogen-bond donors (Lipinski definition) is 2.